The van der Waals surface area contributed by atoms with E-state index in [4.69, 9.17) is 58.0 Å². The van der Waals surface area contributed by atoms with Crippen LogP contribution in [-0.4, -0.2) is 53.2 Å². The second kappa shape index (κ2) is 22.9. The minimum Gasteiger partial charge on any atom is -0.324 e. The van der Waals surface area contributed by atoms with E-state index in [1.165, 1.54) is 68.4 Å². The van der Waals surface area contributed by atoms with Gasteiger partial charge in [-0.05, 0) is 116 Å². The normalized spacial score (nSPS) is 12.1. The number of nitrogens with one attached hydrogen (secondary N) is 4. The number of amides is 4. The number of benzene rings is 5. The number of carbonyl (C=O) groups is 6. The highest BCUT2D eigenvalue weighted by atomic mass is 35.5. The summed E-state index contributed by atoms with van der Waals surface area (Å²) in [7, 11) is 0. The number of azo groups is 2. The number of aryl methyl sites for hydroxylation is 1. The molecule has 0 heterocycles. The monoisotopic (exact) mass is 948 g/mol. The van der Waals surface area contributed by atoms with E-state index in [-0.39, 0.29) is 56.2 Å². The molecule has 2 unspecified atom stereocenters. The van der Waals surface area contributed by atoms with Gasteiger partial charge in [-0.2, -0.15) is 20.5 Å². The molecule has 0 aliphatic rings. The van der Waals surface area contributed by atoms with E-state index in [1.807, 2.05) is 0 Å². The molecule has 0 fully saturated rings. The molecule has 0 bridgehead atoms. The molecule has 0 saturated heterocycles. The van der Waals surface area contributed by atoms with E-state index < -0.39 is 47.3 Å². The van der Waals surface area contributed by atoms with Crippen molar-refractivity contribution >= 4 is 127 Å². The second-order valence-corrected chi connectivity index (χ2v) is 15.4. The van der Waals surface area contributed by atoms with Gasteiger partial charge >= 0.3 is 0 Å². The van der Waals surface area contributed by atoms with Gasteiger partial charge in [-0.1, -0.05) is 47.5 Å². The quantitative estimate of drug-likeness (QED) is 0.0382. The van der Waals surface area contributed by atoms with Crippen molar-refractivity contribution in [3.8, 4) is 0 Å². The zero-order valence-electron chi connectivity index (χ0n) is 33.4. The van der Waals surface area contributed by atoms with Crippen LogP contribution in [0.2, 0.25) is 10.0 Å². The Morgan fingerprint density at radius 2 is 0.952 bits per heavy atom. The number of hydrogen-bond donors (Lipinski definition) is 4. The summed E-state index contributed by atoms with van der Waals surface area (Å²) >= 11 is 30.4. The van der Waals surface area contributed by atoms with Crippen LogP contribution < -0.4 is 21.3 Å². The Kier molecular flexibility index (Phi) is 17.4. The fourth-order valence-corrected chi connectivity index (χ4v) is 6.62. The fraction of sp³-hybridized carbons (Fsp3) is 0.182. The van der Waals surface area contributed by atoms with Gasteiger partial charge in [-0.3, -0.25) is 28.8 Å². The Morgan fingerprint density at radius 1 is 0.524 bits per heavy atom. The van der Waals surface area contributed by atoms with Gasteiger partial charge in [0.15, 0.2) is 11.6 Å². The molecule has 0 aliphatic carbocycles. The lowest BCUT2D eigenvalue weighted by Crippen LogP contribution is -2.32. The van der Waals surface area contributed by atoms with Gasteiger partial charge in [0.2, 0.25) is 12.1 Å². The van der Waals surface area contributed by atoms with E-state index in [0.717, 1.165) is 11.1 Å². The maximum Gasteiger partial charge on any atom is 0.258 e. The molecule has 0 radical (unpaired) electrons. The van der Waals surface area contributed by atoms with Crippen LogP contribution in [0, 0.1) is 0 Å². The molecular weight excluding hydrogens is 914 g/mol. The predicted octanol–water partition coefficient (Wildman–Crippen LogP) is 11.1. The van der Waals surface area contributed by atoms with Crippen LogP contribution in [0.15, 0.2) is 124 Å². The number of halogens is 5. The molecule has 0 aliphatic heterocycles. The first kappa shape index (κ1) is 48.0. The number of alkyl halides is 3. The van der Waals surface area contributed by atoms with Crippen LogP contribution in [0.3, 0.4) is 0 Å². The molecular formula is C44H37Cl5N8O6. The summed E-state index contributed by atoms with van der Waals surface area (Å²) in [6.07, 6.45) is 0.223. The lowest BCUT2D eigenvalue weighted by atomic mass is 10.1. The van der Waals surface area contributed by atoms with Crippen molar-refractivity contribution in [2.45, 2.75) is 44.1 Å². The third-order valence-electron chi connectivity index (χ3n) is 8.96. The maximum absolute atomic E-state index is 13.4. The Morgan fingerprint density at radius 3 is 1.37 bits per heavy atom. The first-order chi connectivity index (χ1) is 30.2. The largest absolute Gasteiger partial charge is 0.324 e. The summed E-state index contributed by atoms with van der Waals surface area (Å²) in [4.78, 5) is 78.0. The molecule has 5 rings (SSSR count). The van der Waals surface area contributed by atoms with Crippen molar-refractivity contribution in [2.24, 2.45) is 20.5 Å². The number of anilines is 4. The summed E-state index contributed by atoms with van der Waals surface area (Å²) in [5.74, 6) is -3.16. The topological polar surface area (TPSA) is 200 Å². The molecule has 2 atom stereocenters. The smallest absolute Gasteiger partial charge is 0.258 e. The number of carbonyl (C=O) groups excluding carboxylic acids is 6. The summed E-state index contributed by atoms with van der Waals surface area (Å²) in [6.45, 7) is 2.35. The van der Waals surface area contributed by atoms with Gasteiger partial charge in [0, 0.05) is 40.4 Å². The lowest BCUT2D eigenvalue weighted by Gasteiger charge is -2.15. The first-order valence-corrected chi connectivity index (χ1v) is 21.2. The van der Waals surface area contributed by atoms with Crippen molar-refractivity contribution in [1.29, 1.82) is 0 Å². The fourth-order valence-electron chi connectivity index (χ4n) is 5.65. The Hall–Kier alpha value is -6.03. The molecule has 14 nitrogen and oxygen atoms in total. The molecule has 324 valence electrons. The maximum atomic E-state index is 13.4. The Bertz CT molecular complexity index is 2590. The third-order valence-corrected chi connectivity index (χ3v) is 10.4. The second-order valence-electron chi connectivity index (χ2n) is 13.6. The van der Waals surface area contributed by atoms with Crippen LogP contribution in [0.5, 0.6) is 0 Å². The van der Waals surface area contributed by atoms with E-state index in [1.54, 1.807) is 48.5 Å². The summed E-state index contributed by atoms with van der Waals surface area (Å²) < 4.78 is 0. The number of rotatable bonds is 18. The van der Waals surface area contributed by atoms with Crippen LogP contribution in [0.4, 0.5) is 34.1 Å². The van der Waals surface area contributed by atoms with Crippen LogP contribution in [0.1, 0.15) is 51.3 Å². The van der Waals surface area contributed by atoms with Crippen LogP contribution in [0.25, 0.3) is 0 Å². The number of ketones is 2. The highest BCUT2D eigenvalue weighted by Crippen LogP contribution is 2.28. The number of nitrogens with zero attached hydrogens (tertiary/aromatic N) is 4. The lowest BCUT2D eigenvalue weighted by molar-refractivity contribution is -0.127. The van der Waals surface area contributed by atoms with Crippen molar-refractivity contribution in [1.82, 2.24) is 0 Å². The van der Waals surface area contributed by atoms with Crippen molar-refractivity contribution in [3.63, 3.8) is 0 Å². The molecule has 5 aromatic carbocycles. The van der Waals surface area contributed by atoms with Gasteiger partial charge in [-0.25, -0.2) is 0 Å². The van der Waals surface area contributed by atoms with Crippen molar-refractivity contribution in [2.75, 3.05) is 27.1 Å². The highest BCUT2D eigenvalue weighted by Gasteiger charge is 2.26. The minimum atomic E-state index is -1.58. The Labute approximate surface area is 386 Å². The van der Waals surface area contributed by atoms with Crippen LogP contribution in [-0.2, 0) is 37.4 Å². The predicted molar refractivity (Wildman–Crippen MR) is 247 cm³/mol. The number of hydrogen-bond acceptors (Lipinski definition) is 10. The zero-order chi connectivity index (χ0) is 45.6. The van der Waals surface area contributed by atoms with E-state index in [2.05, 4.69) is 41.7 Å². The minimum absolute atomic E-state index is 0.0807. The Balaban J connectivity index is 1.26. The van der Waals surface area contributed by atoms with E-state index in [9.17, 15) is 28.8 Å². The average Bonchev–Trinajstić information content (AvgIpc) is 3.26. The highest BCUT2D eigenvalue weighted by molar-refractivity contribution is 6.35. The van der Waals surface area contributed by atoms with Gasteiger partial charge in [0.1, 0.15) is 0 Å². The standard InChI is InChI=1S/C44H37Cl5N8O6/c1-24(58)39(56-54-32-11-14-36(48)34(20-32)41(60)50-29-7-3-26(22-46)4-8-29)43(62)52-31-13-16-38(28(19-31)17-18-45)53-44(63)40(25(2)59)57-55-33-12-15-37(49)35(21-33)42(61)51-30-9-5-27(23-47)6-10-30/h3-16,19-21,39-40H,17-18,22-23H2,1-2H3,(H,50,60)(H,51,61)(H,52,62)(H,53,63). The van der Waals surface area contributed by atoms with Crippen LogP contribution >= 0.6 is 58.0 Å². The number of Topliss-reactive ketones (excluding diaryl/α,β-unsaturated/α-hetero) is 2. The average molecular weight is 951 g/mol. The molecule has 4 N–H and O–H groups in total. The van der Waals surface area contributed by atoms with Gasteiger partial charge < -0.3 is 21.3 Å². The molecule has 63 heavy (non-hydrogen) atoms. The van der Waals surface area contributed by atoms with Gasteiger partial charge in [-0.15, -0.1) is 34.8 Å². The van der Waals surface area contributed by atoms with E-state index in [0.29, 0.717) is 28.7 Å². The summed E-state index contributed by atoms with van der Waals surface area (Å²) in [6, 6.07) is 23.7. The van der Waals surface area contributed by atoms with Crippen molar-refractivity contribution < 1.29 is 28.8 Å². The molecule has 4 amide bonds. The zero-order valence-corrected chi connectivity index (χ0v) is 37.2. The summed E-state index contributed by atoms with van der Waals surface area (Å²) in [5.41, 5.74) is 4.22. The molecule has 5 aromatic rings. The summed E-state index contributed by atoms with van der Waals surface area (Å²) in [5, 5.41) is 27.1. The van der Waals surface area contributed by atoms with E-state index >= 15 is 0 Å². The molecule has 0 aromatic heterocycles. The molecule has 19 heteroatoms. The first-order valence-electron chi connectivity index (χ1n) is 18.8. The molecule has 0 spiro atoms. The van der Waals surface area contributed by atoms with Crippen molar-refractivity contribution in [3.05, 3.63) is 141 Å². The molecule has 0 saturated carbocycles. The van der Waals surface area contributed by atoms with Gasteiger partial charge in [0.25, 0.3) is 23.6 Å². The third kappa shape index (κ3) is 13.5. The van der Waals surface area contributed by atoms with Gasteiger partial charge in [0.05, 0.1) is 32.5 Å². The SMILES string of the molecule is CC(=O)C(N=Nc1ccc(Cl)c(C(=O)Nc2ccc(CCl)cc2)c1)C(=O)Nc1ccc(NC(=O)C(N=Nc2ccc(Cl)c(C(=O)Nc3ccc(CCl)cc3)c2)C(C)=O)c(CCCl)c1.